The number of likely N-dealkylation sites (tertiary alicyclic amines) is 1. The van der Waals surface area contributed by atoms with Crippen molar-refractivity contribution in [1.82, 2.24) is 41.9 Å². The molecule has 322 valence electrons. The second-order valence-corrected chi connectivity index (χ2v) is 15.4. The molecule has 1 fully saturated rings. The highest BCUT2D eigenvalue weighted by Crippen LogP contribution is 2.31. The Bertz CT molecular complexity index is 1980. The first-order chi connectivity index (χ1) is 27.8. The average Bonchev–Trinajstić information content (AvgIpc) is 3.76. The molecule has 1 saturated heterocycles. The predicted molar refractivity (Wildman–Crippen MR) is 205 cm³/mol. The van der Waals surface area contributed by atoms with Gasteiger partial charge in [-0.15, -0.1) is 0 Å². The summed E-state index contributed by atoms with van der Waals surface area (Å²) in [6, 6.07) is -3.18. The summed E-state index contributed by atoms with van der Waals surface area (Å²) in [5, 5.41) is 22.4. The molecule has 1 aromatic carbocycles. The van der Waals surface area contributed by atoms with E-state index in [1.807, 2.05) is 0 Å². The fourth-order valence-corrected chi connectivity index (χ4v) is 7.88. The van der Waals surface area contributed by atoms with E-state index in [-0.39, 0.29) is 41.2 Å². The maximum atomic E-state index is 14.3. The maximum absolute atomic E-state index is 14.3. The van der Waals surface area contributed by atoms with Crippen LogP contribution in [0.4, 0.5) is 4.79 Å². The monoisotopic (exact) mass is 848 g/mol. The lowest BCUT2D eigenvalue weighted by atomic mass is 9.98. The molecule has 1 unspecified atom stereocenters. The highest BCUT2D eigenvalue weighted by molar-refractivity contribution is 7.91. The fourth-order valence-electron chi connectivity index (χ4n) is 6.49. The number of nitrogens with two attached hydrogens (primary N) is 4. The van der Waals surface area contributed by atoms with Crippen molar-refractivity contribution in [2.45, 2.75) is 80.9 Å². The largest absolute Gasteiger partial charge is 0.610 e. The van der Waals surface area contributed by atoms with Crippen molar-refractivity contribution >= 4 is 75.4 Å². The Balaban J connectivity index is 1.77. The summed E-state index contributed by atoms with van der Waals surface area (Å²) in [5.74, 6) is -3.58. The summed E-state index contributed by atoms with van der Waals surface area (Å²) in [6.07, 6.45) is -3.07. The standard InChI is InChI=1S/C34H48N12O12S/c1-3-14(2)27-31(54)40-10-25(49)41-22(30(53)42-21(9-24(36)48)33(55)46-12-15(47)6-23(46)28(37)51)13-59(57)32-18(8-19(35)29(52)39-11-26(50)44-27)17-5-4-16(7-20(17)43-32)58-34(56)45-38/h4-5,7,14-15,19,21-23,27,43,47H,3,6,8-13,35,38H2,1-2H3,(H2,36,48)(H2,37,51)(H,39,52)(H,40,54)(H,41,49)(H,42,53)(H,44,50)(H,45,56)/t14-,15+,19+,21-,22-,23-,27-,59?/m0/s1. The van der Waals surface area contributed by atoms with Crippen molar-refractivity contribution < 1.29 is 57.5 Å². The number of ether oxygens (including phenoxy) is 1. The molecule has 1 aromatic heterocycles. The normalized spacial score (nSPS) is 24.5. The van der Waals surface area contributed by atoms with Gasteiger partial charge in [-0.2, -0.15) is 0 Å². The Labute approximate surface area is 339 Å². The van der Waals surface area contributed by atoms with E-state index in [1.165, 1.54) is 18.2 Å². The van der Waals surface area contributed by atoms with E-state index < -0.39 is 132 Å². The lowest BCUT2D eigenvalue weighted by Gasteiger charge is -2.28. The van der Waals surface area contributed by atoms with Gasteiger partial charge in [-0.1, -0.05) is 20.3 Å². The van der Waals surface area contributed by atoms with E-state index in [9.17, 15) is 52.8 Å². The number of hydrazine groups is 1. The van der Waals surface area contributed by atoms with Crippen LogP contribution in [0.25, 0.3) is 10.9 Å². The Morgan fingerprint density at radius 1 is 1.05 bits per heavy atom. The van der Waals surface area contributed by atoms with Crippen LogP contribution in [0.2, 0.25) is 0 Å². The van der Waals surface area contributed by atoms with Crippen LogP contribution in [0.5, 0.6) is 5.75 Å². The van der Waals surface area contributed by atoms with Gasteiger partial charge in [0.05, 0.1) is 37.2 Å². The summed E-state index contributed by atoms with van der Waals surface area (Å²) in [7, 11) is 0. The molecule has 4 rings (SSSR count). The molecule has 0 spiro atoms. The smallest absolute Gasteiger partial charge is 0.426 e. The topological polar surface area (TPSA) is 401 Å². The molecule has 25 heteroatoms. The molecule has 3 heterocycles. The van der Waals surface area contributed by atoms with Crippen molar-refractivity contribution in [2.24, 2.45) is 29.0 Å². The number of fused-ring (bicyclic) bond motifs is 3. The molecule has 0 saturated carbocycles. The third-order valence-electron chi connectivity index (χ3n) is 9.69. The maximum Gasteiger partial charge on any atom is 0.426 e. The van der Waals surface area contributed by atoms with Gasteiger partial charge in [-0.3, -0.25) is 43.8 Å². The van der Waals surface area contributed by atoms with E-state index >= 15 is 0 Å². The molecule has 2 aliphatic rings. The number of aromatic amines is 1. The number of aliphatic hydroxyl groups excluding tert-OH is 1. The van der Waals surface area contributed by atoms with Crippen LogP contribution in [0.3, 0.4) is 0 Å². The Kier molecular flexibility index (Phi) is 15.6. The number of hydrogen-bond acceptors (Lipinski definition) is 14. The van der Waals surface area contributed by atoms with Crippen LogP contribution in [0, 0.1) is 5.92 Å². The van der Waals surface area contributed by atoms with Gasteiger partial charge in [0.25, 0.3) is 0 Å². The third kappa shape index (κ3) is 11.8. The average molecular weight is 849 g/mol. The molecule has 0 aliphatic carbocycles. The van der Waals surface area contributed by atoms with Crippen molar-refractivity contribution in [2.75, 3.05) is 25.4 Å². The van der Waals surface area contributed by atoms with Crippen LogP contribution in [-0.4, -0.2) is 135 Å². The molecule has 9 amide bonds. The molecule has 0 bridgehead atoms. The van der Waals surface area contributed by atoms with Crippen LogP contribution in [-0.2, 0) is 56.0 Å². The molecular weight excluding hydrogens is 801 g/mol. The quantitative estimate of drug-likeness (QED) is 0.0484. The molecule has 59 heavy (non-hydrogen) atoms. The van der Waals surface area contributed by atoms with Crippen LogP contribution in [0.1, 0.15) is 38.7 Å². The van der Waals surface area contributed by atoms with Gasteiger partial charge in [0, 0.05) is 47.6 Å². The van der Waals surface area contributed by atoms with E-state index in [0.717, 1.165) is 4.90 Å². The zero-order valence-corrected chi connectivity index (χ0v) is 32.8. The number of rotatable bonds is 9. The molecular formula is C34H48N12O12S. The van der Waals surface area contributed by atoms with Gasteiger partial charge in [-0.25, -0.2) is 10.6 Å². The number of aromatic nitrogens is 1. The van der Waals surface area contributed by atoms with E-state index in [2.05, 4.69) is 31.6 Å². The molecule has 2 aromatic rings. The Morgan fingerprint density at radius 3 is 2.34 bits per heavy atom. The van der Waals surface area contributed by atoms with E-state index in [4.69, 9.17) is 27.8 Å². The van der Waals surface area contributed by atoms with Crippen LogP contribution in [0.15, 0.2) is 23.2 Å². The second-order valence-electron chi connectivity index (χ2n) is 14.0. The van der Waals surface area contributed by atoms with Crippen molar-refractivity contribution in [1.29, 1.82) is 0 Å². The first-order valence-electron chi connectivity index (χ1n) is 18.3. The first kappa shape index (κ1) is 45.7. The van der Waals surface area contributed by atoms with Crippen molar-refractivity contribution in [3.63, 3.8) is 0 Å². The summed E-state index contributed by atoms with van der Waals surface area (Å²) < 4.78 is 19.4. The fraction of sp³-hybridized carbons (Fsp3) is 0.500. The van der Waals surface area contributed by atoms with Gasteiger partial charge in [-0.05, 0) is 18.1 Å². The predicted octanol–water partition coefficient (Wildman–Crippen LogP) is -5.82. The first-order valence-corrected chi connectivity index (χ1v) is 19.6. The minimum Gasteiger partial charge on any atom is -0.610 e. The summed E-state index contributed by atoms with van der Waals surface area (Å²) in [5.41, 5.74) is 19.3. The third-order valence-corrected chi connectivity index (χ3v) is 11.1. The van der Waals surface area contributed by atoms with E-state index in [0.29, 0.717) is 11.8 Å². The lowest BCUT2D eigenvalue weighted by Crippen LogP contribution is -2.59. The molecule has 2 aliphatic heterocycles. The van der Waals surface area contributed by atoms with Gasteiger partial charge in [0.1, 0.15) is 29.6 Å². The van der Waals surface area contributed by atoms with Gasteiger partial charge >= 0.3 is 6.09 Å². The second kappa shape index (κ2) is 20.1. The van der Waals surface area contributed by atoms with Gasteiger partial charge < -0.3 is 68.1 Å². The van der Waals surface area contributed by atoms with Gasteiger partial charge in [0.2, 0.25) is 52.3 Å². The summed E-state index contributed by atoms with van der Waals surface area (Å²) >= 11 is -2.32. The molecule has 0 radical (unpaired) electrons. The highest BCUT2D eigenvalue weighted by atomic mass is 32.2. The van der Waals surface area contributed by atoms with Crippen LogP contribution < -0.4 is 59.8 Å². The number of nitrogens with zero attached hydrogens (tertiary/aromatic N) is 1. The van der Waals surface area contributed by atoms with Crippen molar-refractivity contribution in [3.8, 4) is 5.75 Å². The number of nitrogens with one attached hydrogen (secondary N) is 7. The number of H-pyrrole nitrogens is 1. The Morgan fingerprint density at radius 2 is 1.71 bits per heavy atom. The van der Waals surface area contributed by atoms with Gasteiger partial charge in [0.15, 0.2) is 6.04 Å². The number of primary amides is 2. The summed E-state index contributed by atoms with van der Waals surface area (Å²) in [6.45, 7) is 1.73. The number of carbonyl (C=O) groups excluding carboxylic acids is 9. The number of amides is 9. The zero-order chi connectivity index (χ0) is 43.7. The number of β-amino-alcohol motifs (C(OH)–C–C–N with tert-alkyl or cyclic N) is 1. The number of hydrogen-bond donors (Lipinski definition) is 12. The van der Waals surface area contributed by atoms with E-state index in [1.54, 1.807) is 19.3 Å². The van der Waals surface area contributed by atoms with Crippen LogP contribution >= 0.6 is 0 Å². The lowest BCUT2D eigenvalue weighted by molar-refractivity contribution is -0.142. The Hall–Kier alpha value is -6.02. The summed E-state index contributed by atoms with van der Waals surface area (Å²) in [4.78, 5) is 120. The molecule has 24 nitrogen and oxygen atoms in total. The minimum absolute atomic E-state index is 0.0133. The highest BCUT2D eigenvalue weighted by Gasteiger charge is 2.42. The number of benzene rings is 1. The minimum atomic E-state index is -2.32. The molecule has 16 N–H and O–H groups in total. The number of aliphatic hydroxyl groups is 1. The molecule has 8 atom stereocenters. The number of carbonyl (C=O) groups is 9. The SMILES string of the molecule is CC[C@H](C)[C@@H]1NC(=O)CNC(=O)[C@H](N)Cc2c([nH]c3cc(OC(=O)NN)ccc23)[S+]([O-])C[C@@H](C(=O)N[C@@H](CC(N)=O)C(=O)N2C[C@H](O)C[C@H]2C(N)=O)NC(=O)CNC1=O. The van der Waals surface area contributed by atoms with Crippen molar-refractivity contribution in [3.05, 3.63) is 23.8 Å². The zero-order valence-electron chi connectivity index (χ0n) is 32.0.